The zero-order chi connectivity index (χ0) is 26.6. The number of nitrogens with one attached hydrogen (secondary N) is 1. The van der Waals surface area contributed by atoms with Gasteiger partial charge in [0.1, 0.15) is 23.4 Å². The number of fused-ring (bicyclic) bond motifs is 1. The molecule has 0 saturated carbocycles. The Morgan fingerprint density at radius 1 is 1.22 bits per heavy atom. The first-order valence-corrected chi connectivity index (χ1v) is 13.4. The van der Waals surface area contributed by atoms with Crippen LogP contribution in [0.5, 0.6) is 23.0 Å². The molecule has 1 N–H and O–H groups in total. The van der Waals surface area contributed by atoms with E-state index in [1.54, 1.807) is 21.0 Å². The third kappa shape index (κ3) is 6.55. The van der Waals surface area contributed by atoms with Crippen LogP contribution in [0, 0.1) is 12.7 Å². The number of benzene rings is 2. The van der Waals surface area contributed by atoms with Crippen LogP contribution < -0.4 is 19.5 Å². The lowest BCUT2D eigenvalue weighted by Gasteiger charge is -2.17. The minimum Gasteiger partial charge on any atom is -0.492 e. The predicted molar refractivity (Wildman–Crippen MR) is 138 cm³/mol. The van der Waals surface area contributed by atoms with Gasteiger partial charge in [0.15, 0.2) is 17.4 Å². The van der Waals surface area contributed by atoms with Crippen molar-refractivity contribution in [2.24, 2.45) is 0 Å². The maximum absolute atomic E-state index is 15.1. The Kier molecular flexibility index (Phi) is 7.94. The van der Waals surface area contributed by atoms with Crippen molar-refractivity contribution in [1.82, 2.24) is 9.97 Å². The largest absolute Gasteiger partial charge is 0.492 e. The van der Waals surface area contributed by atoms with Crippen LogP contribution >= 0.6 is 0 Å². The van der Waals surface area contributed by atoms with Crippen LogP contribution in [0.3, 0.4) is 0 Å². The van der Waals surface area contributed by atoms with E-state index in [2.05, 4.69) is 21.2 Å². The number of carbonyl (C=O) groups excluding carboxylic acids is 1. The van der Waals surface area contributed by atoms with Crippen molar-refractivity contribution in [3.63, 3.8) is 0 Å². The average molecular weight is 530 g/mol. The third-order valence-electron chi connectivity index (χ3n) is 5.41. The minimum absolute atomic E-state index is 0.144. The molecule has 0 fully saturated rings. The Labute approximate surface area is 215 Å². The van der Waals surface area contributed by atoms with E-state index in [1.807, 2.05) is 0 Å². The van der Waals surface area contributed by atoms with E-state index in [0.29, 0.717) is 36.8 Å². The first kappa shape index (κ1) is 26.4. The summed E-state index contributed by atoms with van der Waals surface area (Å²) >= 11 is 0. The van der Waals surface area contributed by atoms with Gasteiger partial charge in [0.05, 0.1) is 36.2 Å². The SMILES string of the molecule is C=S1(=O)CCCOc2cc(Oc3cc(O[C@@H](C)COC)cc(C(=O)Nc4cnc(C)cn4)c3)c(F)cc21. The number of ether oxygens (including phenoxy) is 4. The maximum Gasteiger partial charge on any atom is 0.257 e. The summed E-state index contributed by atoms with van der Waals surface area (Å²) in [6, 6.07) is 7.00. The highest BCUT2D eigenvalue weighted by molar-refractivity contribution is 8.00. The maximum atomic E-state index is 15.1. The molecule has 0 spiro atoms. The second kappa shape index (κ2) is 11.1. The highest BCUT2D eigenvalue weighted by Crippen LogP contribution is 2.37. The Morgan fingerprint density at radius 2 is 2.00 bits per heavy atom. The molecule has 1 aromatic heterocycles. The molecule has 37 heavy (non-hydrogen) atoms. The van der Waals surface area contributed by atoms with E-state index >= 15 is 4.39 Å². The number of aryl methyl sites for hydroxylation is 1. The van der Waals surface area contributed by atoms with E-state index < -0.39 is 21.2 Å². The molecule has 1 aliphatic heterocycles. The fraction of sp³-hybridized carbons (Fsp3) is 0.308. The van der Waals surface area contributed by atoms with Crippen LogP contribution in [0.15, 0.2) is 47.6 Å². The van der Waals surface area contributed by atoms with Crippen molar-refractivity contribution < 1.29 is 32.3 Å². The van der Waals surface area contributed by atoms with E-state index in [0.717, 1.165) is 6.07 Å². The van der Waals surface area contributed by atoms with Crippen molar-refractivity contribution in [2.45, 2.75) is 31.3 Å². The van der Waals surface area contributed by atoms with Crippen LogP contribution in [0.4, 0.5) is 10.2 Å². The molecule has 0 bridgehead atoms. The number of hydrogen-bond acceptors (Lipinski definition) is 8. The molecule has 2 heterocycles. The molecule has 9 nitrogen and oxygen atoms in total. The van der Waals surface area contributed by atoms with Gasteiger partial charge in [-0.25, -0.2) is 9.37 Å². The first-order chi connectivity index (χ1) is 17.6. The van der Waals surface area contributed by atoms with E-state index in [1.165, 1.54) is 36.7 Å². The number of nitrogens with zero attached hydrogens (tertiary/aromatic N) is 2. The molecule has 196 valence electrons. The number of hydrogen-bond donors (Lipinski definition) is 1. The first-order valence-electron chi connectivity index (χ1n) is 11.5. The summed E-state index contributed by atoms with van der Waals surface area (Å²) in [5, 5.41) is 2.67. The Hall–Kier alpha value is -3.70. The summed E-state index contributed by atoms with van der Waals surface area (Å²) in [4.78, 5) is 21.5. The predicted octanol–water partition coefficient (Wildman–Crippen LogP) is 4.24. The number of amides is 1. The van der Waals surface area contributed by atoms with Crippen LogP contribution in [0.25, 0.3) is 0 Å². The lowest BCUT2D eigenvalue weighted by Crippen LogP contribution is -2.19. The van der Waals surface area contributed by atoms with Gasteiger partial charge in [0.2, 0.25) is 0 Å². The summed E-state index contributed by atoms with van der Waals surface area (Å²) in [6.45, 7) is 4.23. The van der Waals surface area contributed by atoms with Gasteiger partial charge in [-0.05, 0) is 53.9 Å². The van der Waals surface area contributed by atoms with Gasteiger partial charge < -0.3 is 24.3 Å². The van der Waals surface area contributed by atoms with Crippen molar-refractivity contribution >= 4 is 27.1 Å². The monoisotopic (exact) mass is 529 g/mol. The Balaban J connectivity index is 1.67. The molecule has 0 saturated heterocycles. The van der Waals surface area contributed by atoms with Crippen molar-refractivity contribution in [1.29, 1.82) is 0 Å². The minimum atomic E-state index is -2.68. The zero-order valence-electron chi connectivity index (χ0n) is 20.8. The van der Waals surface area contributed by atoms with Crippen LogP contribution in [0.1, 0.15) is 29.4 Å². The van der Waals surface area contributed by atoms with E-state index in [4.69, 9.17) is 18.9 Å². The summed E-state index contributed by atoms with van der Waals surface area (Å²) < 4.78 is 50.4. The molecule has 1 aliphatic rings. The number of carbonyl (C=O) groups is 1. The fourth-order valence-electron chi connectivity index (χ4n) is 3.69. The van der Waals surface area contributed by atoms with E-state index in [9.17, 15) is 9.00 Å². The highest BCUT2D eigenvalue weighted by atomic mass is 32.2. The van der Waals surface area contributed by atoms with Gasteiger partial charge in [0, 0.05) is 30.6 Å². The molecule has 2 aromatic carbocycles. The molecule has 2 atom stereocenters. The molecule has 1 unspecified atom stereocenters. The summed E-state index contributed by atoms with van der Waals surface area (Å²) in [7, 11) is -1.13. The summed E-state index contributed by atoms with van der Waals surface area (Å²) in [5.41, 5.74) is 0.893. The van der Waals surface area contributed by atoms with Gasteiger partial charge in [-0.2, -0.15) is 0 Å². The smallest absolute Gasteiger partial charge is 0.257 e. The third-order valence-corrected chi connectivity index (χ3v) is 7.47. The van der Waals surface area contributed by atoms with E-state index in [-0.39, 0.29) is 39.6 Å². The number of halogens is 1. The van der Waals surface area contributed by atoms with Crippen molar-refractivity contribution in [2.75, 3.05) is 31.4 Å². The summed E-state index contributed by atoms with van der Waals surface area (Å²) in [5.74, 6) is 3.67. The fourth-order valence-corrected chi connectivity index (χ4v) is 5.29. The van der Waals surface area contributed by atoms with Gasteiger partial charge in [-0.15, -0.1) is 0 Å². The highest BCUT2D eigenvalue weighted by Gasteiger charge is 2.23. The topological polar surface area (TPSA) is 109 Å². The van der Waals surface area contributed by atoms with Crippen LogP contribution in [0.2, 0.25) is 0 Å². The molecule has 1 amide bonds. The Bertz CT molecular complexity index is 1400. The van der Waals surface area contributed by atoms with Gasteiger partial charge >= 0.3 is 0 Å². The molecule has 4 rings (SSSR count). The Morgan fingerprint density at radius 3 is 2.73 bits per heavy atom. The molecular weight excluding hydrogens is 501 g/mol. The van der Waals surface area contributed by atoms with Crippen molar-refractivity contribution in [3.05, 3.63) is 59.8 Å². The number of methoxy groups -OCH3 is 1. The van der Waals surface area contributed by atoms with Gasteiger partial charge in [-0.1, -0.05) is 0 Å². The molecule has 0 aliphatic carbocycles. The number of aromatic nitrogens is 2. The van der Waals surface area contributed by atoms with Crippen molar-refractivity contribution in [3.8, 4) is 23.0 Å². The molecule has 11 heteroatoms. The van der Waals surface area contributed by atoms with Gasteiger partial charge in [-0.3, -0.25) is 14.0 Å². The summed E-state index contributed by atoms with van der Waals surface area (Å²) in [6.07, 6.45) is 3.18. The normalized spacial score (nSPS) is 17.6. The van der Waals surface area contributed by atoms with Gasteiger partial charge in [0.25, 0.3) is 5.91 Å². The second-order valence-corrected chi connectivity index (χ2v) is 11.1. The average Bonchev–Trinajstić information content (AvgIpc) is 2.98. The lowest BCUT2D eigenvalue weighted by atomic mass is 10.2. The molecule has 3 aromatic rings. The quantitative estimate of drug-likeness (QED) is 0.432. The standard InChI is InChI=1S/C26H28FN3O6S/c1-16-13-29-25(14-28-16)30-26(31)18-8-19(35-17(2)15-33-3)10-20(9-18)36-22-12-23-24(11-21(22)27)37(4,32)7-5-6-34-23/h8-14,17H,4-7,15H2,1-3H3,(H,29,30,31)/t17-,37?/m0/s1. The molecular formula is C26H28FN3O6S. The zero-order valence-corrected chi connectivity index (χ0v) is 21.6. The molecule has 0 radical (unpaired) electrons. The number of rotatable bonds is 8. The van der Waals surface area contributed by atoms with Crippen LogP contribution in [-0.2, 0) is 14.3 Å². The lowest BCUT2D eigenvalue weighted by molar-refractivity contribution is 0.0915. The van der Waals surface area contributed by atoms with Crippen LogP contribution in [-0.4, -0.2) is 58.1 Å². The number of anilines is 1. The second-order valence-electron chi connectivity index (χ2n) is 8.62.